The number of hydrogen-bond acceptors (Lipinski definition) is 2. The topological polar surface area (TPSA) is 26.3 Å². The molecule has 0 aliphatic heterocycles. The average Bonchev–Trinajstić information content (AvgIpc) is 2.16. The fourth-order valence-corrected chi connectivity index (χ4v) is 1.70. The fourth-order valence-electron chi connectivity index (χ4n) is 1.70. The van der Waals surface area contributed by atoms with Crippen molar-refractivity contribution >= 4 is 5.78 Å². The maximum atomic E-state index is 13.6. The highest BCUT2D eigenvalue weighted by atomic mass is 19.1. The fraction of sp³-hybridized carbons (Fsp3) is 0.462. The number of aryl methyl sites for hydroxylation is 2. The molecule has 1 aromatic carbocycles. The maximum Gasteiger partial charge on any atom is 0.168 e. The summed E-state index contributed by atoms with van der Waals surface area (Å²) in [6.07, 6.45) is 0.231. The van der Waals surface area contributed by atoms with Crippen molar-refractivity contribution in [1.29, 1.82) is 0 Å². The van der Waals surface area contributed by atoms with Crippen molar-refractivity contribution in [3.8, 4) is 0 Å². The highest BCUT2D eigenvalue weighted by Gasteiger charge is 2.14. The van der Waals surface area contributed by atoms with Crippen molar-refractivity contribution in [1.82, 2.24) is 0 Å². The Morgan fingerprint density at radius 3 is 2.62 bits per heavy atom. The molecular weight excluding hydrogens is 207 g/mol. The largest absolute Gasteiger partial charge is 0.381 e. The van der Waals surface area contributed by atoms with Gasteiger partial charge in [0.15, 0.2) is 5.78 Å². The number of hydrogen-bond donors (Lipinski definition) is 0. The van der Waals surface area contributed by atoms with Crippen LogP contribution in [0.4, 0.5) is 4.39 Å². The summed E-state index contributed by atoms with van der Waals surface area (Å²) in [4.78, 5) is 11.8. The summed E-state index contributed by atoms with van der Waals surface area (Å²) in [7, 11) is 0. The van der Waals surface area contributed by atoms with Gasteiger partial charge in [-0.1, -0.05) is 6.07 Å². The molecule has 3 heteroatoms. The van der Waals surface area contributed by atoms with Gasteiger partial charge < -0.3 is 4.74 Å². The molecule has 0 spiro atoms. The van der Waals surface area contributed by atoms with E-state index in [0.29, 0.717) is 18.8 Å². The highest BCUT2D eigenvalue weighted by Crippen LogP contribution is 2.17. The van der Waals surface area contributed by atoms with Crippen LogP contribution in [-0.4, -0.2) is 19.0 Å². The van der Waals surface area contributed by atoms with Gasteiger partial charge in [-0.2, -0.15) is 0 Å². The molecule has 0 atom stereocenters. The van der Waals surface area contributed by atoms with E-state index in [1.807, 2.05) is 19.9 Å². The molecule has 1 rings (SSSR count). The zero-order valence-electron chi connectivity index (χ0n) is 9.97. The van der Waals surface area contributed by atoms with Gasteiger partial charge in [-0.15, -0.1) is 0 Å². The summed E-state index contributed by atoms with van der Waals surface area (Å²) in [5.41, 5.74) is 1.72. The zero-order chi connectivity index (χ0) is 12.1. The molecule has 0 aliphatic rings. The van der Waals surface area contributed by atoms with Gasteiger partial charge in [0.05, 0.1) is 12.2 Å². The molecule has 0 amide bonds. The van der Waals surface area contributed by atoms with E-state index in [2.05, 4.69) is 0 Å². The normalized spacial score (nSPS) is 10.5. The Morgan fingerprint density at radius 1 is 1.38 bits per heavy atom. The molecule has 0 saturated carbocycles. The lowest BCUT2D eigenvalue weighted by Gasteiger charge is -2.07. The number of Topliss-reactive ketones (excluding diaryl/α,β-unsaturated/α-hetero) is 1. The molecule has 16 heavy (non-hydrogen) atoms. The van der Waals surface area contributed by atoms with Gasteiger partial charge in [0, 0.05) is 13.0 Å². The minimum absolute atomic E-state index is 0.191. The molecule has 0 heterocycles. The first-order valence-electron chi connectivity index (χ1n) is 5.44. The number of carbonyl (C=O) groups excluding carboxylic acids is 1. The first-order valence-corrected chi connectivity index (χ1v) is 5.44. The van der Waals surface area contributed by atoms with Crippen LogP contribution in [0.15, 0.2) is 12.1 Å². The van der Waals surface area contributed by atoms with Crippen LogP contribution in [0.25, 0.3) is 0 Å². The predicted octanol–water partition coefficient (Wildman–Crippen LogP) is 3.05. The van der Waals surface area contributed by atoms with Gasteiger partial charge in [0.1, 0.15) is 5.82 Å². The van der Waals surface area contributed by atoms with Crippen molar-refractivity contribution in [2.45, 2.75) is 27.2 Å². The molecule has 0 aromatic heterocycles. The Kier molecular flexibility index (Phi) is 4.62. The second-order valence-electron chi connectivity index (χ2n) is 3.81. The van der Waals surface area contributed by atoms with Crippen LogP contribution in [0, 0.1) is 19.7 Å². The maximum absolute atomic E-state index is 13.6. The Bertz CT molecular complexity index is 363. The number of rotatable bonds is 5. The standard InChI is InChI=1S/C13H17FO2/c1-4-16-6-5-12(15)13-10(3)7-9(2)8-11(13)14/h7-8H,4-6H2,1-3H3. The number of halogens is 1. The van der Waals surface area contributed by atoms with Crippen LogP contribution >= 0.6 is 0 Å². The molecule has 0 saturated heterocycles. The van der Waals surface area contributed by atoms with Gasteiger partial charge in [-0.05, 0) is 38.0 Å². The van der Waals surface area contributed by atoms with Crippen LogP contribution < -0.4 is 0 Å². The van der Waals surface area contributed by atoms with Crippen LogP contribution in [0.2, 0.25) is 0 Å². The Hall–Kier alpha value is -1.22. The van der Waals surface area contributed by atoms with Crippen molar-refractivity contribution in [2.24, 2.45) is 0 Å². The Morgan fingerprint density at radius 2 is 2.06 bits per heavy atom. The van der Waals surface area contributed by atoms with E-state index in [4.69, 9.17) is 4.74 Å². The Balaban J connectivity index is 2.83. The molecule has 0 bridgehead atoms. The quantitative estimate of drug-likeness (QED) is 0.567. The van der Waals surface area contributed by atoms with Crippen LogP contribution in [0.1, 0.15) is 34.8 Å². The lowest BCUT2D eigenvalue weighted by molar-refractivity contribution is 0.0891. The highest BCUT2D eigenvalue weighted by molar-refractivity contribution is 5.97. The summed E-state index contributed by atoms with van der Waals surface area (Å²) in [5, 5.41) is 0. The molecule has 0 radical (unpaired) electrons. The molecule has 88 valence electrons. The van der Waals surface area contributed by atoms with Crippen molar-refractivity contribution < 1.29 is 13.9 Å². The minimum Gasteiger partial charge on any atom is -0.381 e. The summed E-state index contributed by atoms with van der Waals surface area (Å²) in [5.74, 6) is -0.623. The number of ether oxygens (including phenoxy) is 1. The lowest BCUT2D eigenvalue weighted by atomic mass is 10.00. The van der Waals surface area contributed by atoms with E-state index < -0.39 is 5.82 Å². The molecule has 0 N–H and O–H groups in total. The van der Waals surface area contributed by atoms with Gasteiger partial charge in [-0.3, -0.25) is 4.79 Å². The third-order valence-corrected chi connectivity index (χ3v) is 2.39. The first kappa shape index (κ1) is 12.8. The van der Waals surface area contributed by atoms with Crippen molar-refractivity contribution in [2.75, 3.05) is 13.2 Å². The van der Waals surface area contributed by atoms with Gasteiger partial charge in [0.2, 0.25) is 0 Å². The monoisotopic (exact) mass is 224 g/mol. The number of carbonyl (C=O) groups is 1. The molecule has 2 nitrogen and oxygen atoms in total. The van der Waals surface area contributed by atoms with E-state index >= 15 is 0 Å². The second-order valence-corrected chi connectivity index (χ2v) is 3.81. The second kappa shape index (κ2) is 5.75. The predicted molar refractivity (Wildman–Crippen MR) is 61.3 cm³/mol. The minimum atomic E-state index is -0.431. The van der Waals surface area contributed by atoms with Gasteiger partial charge >= 0.3 is 0 Å². The molecule has 0 aliphatic carbocycles. The number of ketones is 1. The molecule has 0 fully saturated rings. The van der Waals surface area contributed by atoms with Crippen LogP contribution in [0.5, 0.6) is 0 Å². The van der Waals surface area contributed by atoms with Crippen LogP contribution in [0.3, 0.4) is 0 Å². The zero-order valence-corrected chi connectivity index (χ0v) is 9.97. The van der Waals surface area contributed by atoms with E-state index in [0.717, 1.165) is 5.56 Å². The summed E-state index contributed by atoms with van der Waals surface area (Å²) >= 11 is 0. The van der Waals surface area contributed by atoms with Gasteiger partial charge in [-0.25, -0.2) is 4.39 Å². The third kappa shape index (κ3) is 3.14. The van der Waals surface area contributed by atoms with E-state index in [-0.39, 0.29) is 17.8 Å². The van der Waals surface area contributed by atoms with Crippen molar-refractivity contribution in [3.63, 3.8) is 0 Å². The van der Waals surface area contributed by atoms with Gasteiger partial charge in [0.25, 0.3) is 0 Å². The molecular formula is C13H17FO2. The third-order valence-electron chi connectivity index (χ3n) is 2.39. The summed E-state index contributed by atoms with van der Waals surface area (Å²) < 4.78 is 18.7. The summed E-state index contributed by atoms with van der Waals surface area (Å²) in [6.45, 7) is 6.35. The molecule has 0 unspecified atom stereocenters. The number of benzene rings is 1. The molecule has 1 aromatic rings. The SMILES string of the molecule is CCOCCC(=O)c1c(C)cc(C)cc1F. The summed E-state index contributed by atoms with van der Waals surface area (Å²) in [6, 6.07) is 3.21. The Labute approximate surface area is 95.4 Å². The van der Waals surface area contributed by atoms with Crippen LogP contribution in [-0.2, 0) is 4.74 Å². The van der Waals surface area contributed by atoms with Crippen molar-refractivity contribution in [3.05, 3.63) is 34.6 Å². The average molecular weight is 224 g/mol. The first-order chi connectivity index (χ1) is 7.56. The van der Waals surface area contributed by atoms with E-state index in [1.54, 1.807) is 6.92 Å². The van der Waals surface area contributed by atoms with E-state index in [1.165, 1.54) is 6.07 Å². The lowest BCUT2D eigenvalue weighted by Crippen LogP contribution is -2.09. The van der Waals surface area contributed by atoms with E-state index in [9.17, 15) is 9.18 Å². The smallest absolute Gasteiger partial charge is 0.168 e.